The number of Topliss-reactive ketones (excluding diaryl/α,β-unsaturated/α-hetero) is 1. The lowest BCUT2D eigenvalue weighted by atomic mass is 9.91. The van der Waals surface area contributed by atoms with Gasteiger partial charge in [-0.15, -0.1) is 0 Å². The molecule has 0 N–H and O–H groups in total. The normalized spacial score (nSPS) is 30.6. The largest absolute Gasteiger partial charge is 0.439 e. The summed E-state index contributed by atoms with van der Waals surface area (Å²) in [6.45, 7) is 1.78. The van der Waals surface area contributed by atoms with Crippen LogP contribution in [0.3, 0.4) is 0 Å². The second-order valence-electron chi connectivity index (χ2n) is 7.27. The molecule has 1 saturated carbocycles. The highest BCUT2D eigenvalue weighted by atomic mass is 16.6. The first kappa shape index (κ1) is 17.7. The van der Waals surface area contributed by atoms with Gasteiger partial charge in [-0.05, 0) is 24.5 Å². The maximum atomic E-state index is 13.0. The molecule has 1 aliphatic carbocycles. The van der Waals surface area contributed by atoms with Crippen molar-refractivity contribution in [3.8, 4) is 0 Å². The van der Waals surface area contributed by atoms with Crippen molar-refractivity contribution in [3.63, 3.8) is 0 Å². The third-order valence-electron chi connectivity index (χ3n) is 5.89. The summed E-state index contributed by atoms with van der Waals surface area (Å²) in [5.74, 6) is 0.0257. The fraction of sp³-hybridized carbons (Fsp3) is 0.364. The predicted octanol–water partition coefficient (Wildman–Crippen LogP) is 4.06. The van der Waals surface area contributed by atoms with Crippen LogP contribution in [0.25, 0.3) is 0 Å². The monoisotopic (exact) mass is 365 g/mol. The van der Waals surface area contributed by atoms with Crippen LogP contribution in [0, 0.1) is 0 Å². The number of hydrogen-bond donors (Lipinski definition) is 0. The van der Waals surface area contributed by atoms with Crippen molar-refractivity contribution >= 4 is 11.9 Å². The van der Waals surface area contributed by atoms with Crippen LogP contribution in [0.15, 0.2) is 60.7 Å². The molecule has 4 rings (SSSR count). The van der Waals surface area contributed by atoms with Crippen LogP contribution in [-0.2, 0) is 14.3 Å². The van der Waals surface area contributed by atoms with Gasteiger partial charge in [-0.1, -0.05) is 60.7 Å². The molecule has 2 aromatic rings. The van der Waals surface area contributed by atoms with Crippen LogP contribution in [0.5, 0.6) is 0 Å². The first-order chi connectivity index (χ1) is 13.1. The standard InChI is InChI=1S/C22H23NO4/c1-22(26-2)17(13-14-18(22)24)23-19(15-9-5-3-6-10-15)20(27-21(23)25)16-11-7-4-8-12-16/h3-12,17,19-20H,13-14H2,1-2H3/t17-,19-,20+,22+/m0/s1. The molecule has 0 bridgehead atoms. The van der Waals surface area contributed by atoms with E-state index >= 15 is 0 Å². The van der Waals surface area contributed by atoms with E-state index in [1.54, 1.807) is 11.8 Å². The number of ketones is 1. The van der Waals surface area contributed by atoms with E-state index in [2.05, 4.69) is 0 Å². The van der Waals surface area contributed by atoms with Crippen molar-refractivity contribution in [3.05, 3.63) is 71.8 Å². The highest BCUT2D eigenvalue weighted by Crippen LogP contribution is 2.48. The van der Waals surface area contributed by atoms with Crippen LogP contribution < -0.4 is 0 Å². The van der Waals surface area contributed by atoms with E-state index in [0.29, 0.717) is 12.8 Å². The minimum Gasteiger partial charge on any atom is -0.439 e. The van der Waals surface area contributed by atoms with Crippen molar-refractivity contribution < 1.29 is 19.1 Å². The number of carbonyl (C=O) groups is 2. The van der Waals surface area contributed by atoms with Gasteiger partial charge in [-0.25, -0.2) is 4.79 Å². The number of nitrogens with zero attached hydrogens (tertiary/aromatic N) is 1. The first-order valence-electron chi connectivity index (χ1n) is 9.23. The fourth-order valence-corrected chi connectivity index (χ4v) is 4.32. The topological polar surface area (TPSA) is 55.8 Å². The average molecular weight is 365 g/mol. The highest BCUT2D eigenvalue weighted by Gasteiger charge is 2.56. The van der Waals surface area contributed by atoms with Gasteiger partial charge in [0.05, 0.1) is 6.04 Å². The summed E-state index contributed by atoms with van der Waals surface area (Å²) in [7, 11) is 1.53. The Bertz CT molecular complexity index is 838. The van der Waals surface area contributed by atoms with Crippen molar-refractivity contribution in [2.24, 2.45) is 0 Å². The molecule has 1 heterocycles. The van der Waals surface area contributed by atoms with Gasteiger partial charge in [0.25, 0.3) is 0 Å². The number of cyclic esters (lactones) is 1. The van der Waals surface area contributed by atoms with E-state index in [0.717, 1.165) is 11.1 Å². The van der Waals surface area contributed by atoms with Gasteiger partial charge >= 0.3 is 6.09 Å². The van der Waals surface area contributed by atoms with E-state index in [1.165, 1.54) is 7.11 Å². The molecule has 0 aromatic heterocycles. The summed E-state index contributed by atoms with van der Waals surface area (Å²) in [6, 6.07) is 18.9. The number of ether oxygens (including phenoxy) is 2. The van der Waals surface area contributed by atoms with Gasteiger partial charge in [0.15, 0.2) is 11.9 Å². The molecule has 5 nitrogen and oxygen atoms in total. The molecule has 1 amide bonds. The van der Waals surface area contributed by atoms with Gasteiger partial charge in [0.1, 0.15) is 11.6 Å². The van der Waals surface area contributed by atoms with Crippen LogP contribution >= 0.6 is 0 Å². The van der Waals surface area contributed by atoms with Gasteiger partial charge in [-0.3, -0.25) is 9.69 Å². The number of benzene rings is 2. The summed E-state index contributed by atoms with van der Waals surface area (Å²) in [5.41, 5.74) is 0.901. The molecule has 4 atom stereocenters. The minimum absolute atomic E-state index is 0.0257. The van der Waals surface area contributed by atoms with Gasteiger partial charge in [-0.2, -0.15) is 0 Å². The van der Waals surface area contributed by atoms with Crippen molar-refractivity contribution in [1.29, 1.82) is 0 Å². The minimum atomic E-state index is -1.02. The average Bonchev–Trinajstić information content (AvgIpc) is 3.20. The van der Waals surface area contributed by atoms with Gasteiger partial charge < -0.3 is 9.47 Å². The molecule has 27 heavy (non-hydrogen) atoms. The maximum Gasteiger partial charge on any atom is 0.411 e. The number of amides is 1. The smallest absolute Gasteiger partial charge is 0.411 e. The number of rotatable bonds is 4. The summed E-state index contributed by atoms with van der Waals surface area (Å²) >= 11 is 0. The Morgan fingerprint density at radius 3 is 2.19 bits per heavy atom. The molecule has 2 fully saturated rings. The molecule has 140 valence electrons. The molecule has 1 saturated heterocycles. The summed E-state index contributed by atoms with van der Waals surface area (Å²) < 4.78 is 11.4. The van der Waals surface area contributed by atoms with Crippen molar-refractivity contribution in [2.75, 3.05) is 7.11 Å². The zero-order chi connectivity index (χ0) is 19.0. The molecule has 2 aromatic carbocycles. The zero-order valence-corrected chi connectivity index (χ0v) is 15.5. The Hall–Kier alpha value is -2.66. The Morgan fingerprint density at radius 1 is 1.00 bits per heavy atom. The van der Waals surface area contributed by atoms with Crippen LogP contribution in [0.2, 0.25) is 0 Å². The van der Waals surface area contributed by atoms with Gasteiger partial charge in [0, 0.05) is 13.5 Å². The maximum absolute atomic E-state index is 13.0. The summed E-state index contributed by atoms with van der Waals surface area (Å²) in [5, 5.41) is 0. The molecule has 0 unspecified atom stereocenters. The second kappa shape index (κ2) is 6.82. The third kappa shape index (κ3) is 2.82. The summed E-state index contributed by atoms with van der Waals surface area (Å²) in [4.78, 5) is 27.2. The molecule has 2 aliphatic rings. The molecule has 5 heteroatoms. The van der Waals surface area contributed by atoms with Crippen LogP contribution in [0.1, 0.15) is 43.0 Å². The van der Waals surface area contributed by atoms with Crippen LogP contribution in [0.4, 0.5) is 4.79 Å². The Labute approximate surface area is 158 Å². The van der Waals surface area contributed by atoms with E-state index in [1.807, 2.05) is 60.7 Å². The van der Waals surface area contributed by atoms with E-state index < -0.39 is 17.8 Å². The molecule has 1 aliphatic heterocycles. The lowest BCUT2D eigenvalue weighted by molar-refractivity contribution is -0.139. The summed E-state index contributed by atoms with van der Waals surface area (Å²) in [6.07, 6.45) is 0.137. The van der Waals surface area contributed by atoms with Crippen LogP contribution in [-0.4, -0.2) is 35.5 Å². The molecule has 0 spiro atoms. The van der Waals surface area contributed by atoms with E-state index in [-0.39, 0.29) is 17.9 Å². The fourth-order valence-electron chi connectivity index (χ4n) is 4.32. The van der Waals surface area contributed by atoms with Crippen molar-refractivity contribution in [1.82, 2.24) is 4.90 Å². The highest BCUT2D eigenvalue weighted by molar-refractivity contribution is 5.91. The lowest BCUT2D eigenvalue weighted by Gasteiger charge is -2.37. The lowest BCUT2D eigenvalue weighted by Crippen LogP contribution is -2.53. The first-order valence-corrected chi connectivity index (χ1v) is 9.23. The predicted molar refractivity (Wildman–Crippen MR) is 100 cm³/mol. The molecular formula is C22H23NO4. The Balaban J connectivity index is 1.80. The zero-order valence-electron chi connectivity index (χ0n) is 15.5. The number of carbonyl (C=O) groups excluding carboxylic acids is 2. The van der Waals surface area contributed by atoms with Gasteiger partial charge in [0.2, 0.25) is 0 Å². The quantitative estimate of drug-likeness (QED) is 0.820. The third-order valence-corrected chi connectivity index (χ3v) is 5.89. The Kier molecular flexibility index (Phi) is 4.48. The van der Waals surface area contributed by atoms with E-state index in [4.69, 9.17) is 9.47 Å². The van der Waals surface area contributed by atoms with Crippen molar-refractivity contribution in [2.45, 2.75) is 43.6 Å². The SMILES string of the molecule is CO[C@@]1(C)C(=O)CC[C@@H]1N1C(=O)O[C@H](c2ccccc2)[C@@H]1c1ccccc1. The van der Waals surface area contributed by atoms with E-state index in [9.17, 15) is 9.59 Å². The molecular weight excluding hydrogens is 342 g/mol. The number of hydrogen-bond acceptors (Lipinski definition) is 4. The molecule has 0 radical (unpaired) electrons. The Morgan fingerprint density at radius 2 is 1.59 bits per heavy atom. The number of methoxy groups -OCH3 is 1. The second-order valence-corrected chi connectivity index (χ2v) is 7.27.